The van der Waals surface area contributed by atoms with Gasteiger partial charge in [0.05, 0.1) is 12.6 Å². The molecule has 1 amide bonds. The predicted octanol–water partition coefficient (Wildman–Crippen LogP) is 0.994. The Labute approximate surface area is 104 Å². The summed E-state index contributed by atoms with van der Waals surface area (Å²) in [6, 6.07) is 0.516. The molecule has 2 unspecified atom stereocenters. The molecule has 1 aliphatic rings. The Morgan fingerprint density at radius 1 is 1.53 bits per heavy atom. The number of likely N-dealkylation sites (tertiary alicyclic amines) is 1. The Morgan fingerprint density at radius 3 is 2.82 bits per heavy atom. The molecule has 1 heterocycles. The van der Waals surface area contributed by atoms with Crippen LogP contribution < -0.4 is 5.32 Å². The maximum absolute atomic E-state index is 12.0. The Balaban J connectivity index is 2.28. The molecule has 2 atom stereocenters. The first-order valence-electron chi connectivity index (χ1n) is 6.70. The summed E-state index contributed by atoms with van der Waals surface area (Å²) in [6.07, 6.45) is 2.48. The molecule has 0 aromatic heterocycles. The molecule has 4 heteroatoms. The van der Waals surface area contributed by atoms with Crippen LogP contribution >= 0.6 is 0 Å². The molecule has 1 fully saturated rings. The van der Waals surface area contributed by atoms with Crippen molar-refractivity contribution < 1.29 is 9.90 Å². The Hall–Kier alpha value is -0.610. The van der Waals surface area contributed by atoms with Crippen LogP contribution in [0.25, 0.3) is 0 Å². The van der Waals surface area contributed by atoms with Gasteiger partial charge >= 0.3 is 0 Å². The van der Waals surface area contributed by atoms with E-state index >= 15 is 0 Å². The number of nitrogens with one attached hydrogen (secondary N) is 1. The summed E-state index contributed by atoms with van der Waals surface area (Å²) in [5.41, 5.74) is 0. The lowest BCUT2D eigenvalue weighted by atomic mass is 10.0. The van der Waals surface area contributed by atoms with Crippen molar-refractivity contribution in [2.45, 2.75) is 52.1 Å². The predicted molar refractivity (Wildman–Crippen MR) is 68.7 cm³/mol. The molecule has 0 bridgehead atoms. The van der Waals surface area contributed by atoms with E-state index in [4.69, 9.17) is 0 Å². The van der Waals surface area contributed by atoms with E-state index in [1.165, 1.54) is 0 Å². The number of carbonyl (C=O) groups is 1. The van der Waals surface area contributed by atoms with E-state index in [9.17, 15) is 9.90 Å². The van der Waals surface area contributed by atoms with E-state index in [1.807, 2.05) is 4.90 Å². The summed E-state index contributed by atoms with van der Waals surface area (Å²) in [4.78, 5) is 13.9. The molecular weight excluding hydrogens is 216 g/mol. The SMILES string of the molecule is CC(C)NCCCC(=O)N1CCC(C)C1CO. The molecular formula is C13H26N2O2. The van der Waals surface area contributed by atoms with Crippen LogP contribution in [0.5, 0.6) is 0 Å². The third kappa shape index (κ3) is 4.28. The Bertz CT molecular complexity index is 244. The Kier molecular flexibility index (Phi) is 5.92. The second-order valence-corrected chi connectivity index (χ2v) is 5.32. The van der Waals surface area contributed by atoms with E-state index in [0.717, 1.165) is 25.9 Å². The minimum Gasteiger partial charge on any atom is -0.394 e. The monoisotopic (exact) mass is 242 g/mol. The van der Waals surface area contributed by atoms with Gasteiger partial charge in [-0.3, -0.25) is 4.79 Å². The summed E-state index contributed by atoms with van der Waals surface area (Å²) in [5, 5.41) is 12.6. The zero-order valence-electron chi connectivity index (χ0n) is 11.3. The van der Waals surface area contributed by atoms with Crippen LogP contribution in [0.3, 0.4) is 0 Å². The molecule has 1 aliphatic heterocycles. The number of amides is 1. The van der Waals surface area contributed by atoms with Crippen LogP contribution in [0.1, 0.15) is 40.0 Å². The highest BCUT2D eigenvalue weighted by Gasteiger charge is 2.33. The summed E-state index contributed by atoms with van der Waals surface area (Å²) in [7, 11) is 0. The van der Waals surface area contributed by atoms with Crippen molar-refractivity contribution in [1.29, 1.82) is 0 Å². The fraction of sp³-hybridized carbons (Fsp3) is 0.923. The Morgan fingerprint density at radius 2 is 2.24 bits per heavy atom. The van der Waals surface area contributed by atoms with Crippen LogP contribution in [0, 0.1) is 5.92 Å². The largest absolute Gasteiger partial charge is 0.394 e. The van der Waals surface area contributed by atoms with Crippen molar-refractivity contribution in [3.63, 3.8) is 0 Å². The molecule has 0 aliphatic carbocycles. The van der Waals surface area contributed by atoms with Gasteiger partial charge in [-0.05, 0) is 25.3 Å². The molecule has 0 aromatic rings. The minimum atomic E-state index is 0.0422. The normalized spacial score (nSPS) is 24.6. The lowest BCUT2D eigenvalue weighted by Crippen LogP contribution is -2.40. The van der Waals surface area contributed by atoms with E-state index in [-0.39, 0.29) is 18.6 Å². The smallest absolute Gasteiger partial charge is 0.222 e. The van der Waals surface area contributed by atoms with Gasteiger partial charge in [-0.25, -0.2) is 0 Å². The maximum Gasteiger partial charge on any atom is 0.222 e. The third-order valence-electron chi connectivity index (χ3n) is 3.51. The van der Waals surface area contributed by atoms with Crippen molar-refractivity contribution in [3.05, 3.63) is 0 Å². The van der Waals surface area contributed by atoms with Gasteiger partial charge in [-0.2, -0.15) is 0 Å². The molecule has 0 spiro atoms. The average Bonchev–Trinajstić information content (AvgIpc) is 2.65. The first-order chi connectivity index (χ1) is 8.06. The molecule has 17 heavy (non-hydrogen) atoms. The van der Waals surface area contributed by atoms with Gasteiger partial charge < -0.3 is 15.3 Å². The van der Waals surface area contributed by atoms with Crippen molar-refractivity contribution >= 4 is 5.91 Å². The first-order valence-corrected chi connectivity index (χ1v) is 6.70. The van der Waals surface area contributed by atoms with Crippen molar-refractivity contribution in [3.8, 4) is 0 Å². The van der Waals surface area contributed by atoms with E-state index in [1.54, 1.807) is 0 Å². The van der Waals surface area contributed by atoms with E-state index < -0.39 is 0 Å². The lowest BCUT2D eigenvalue weighted by Gasteiger charge is -2.25. The number of aliphatic hydroxyl groups is 1. The van der Waals surface area contributed by atoms with E-state index in [0.29, 0.717) is 18.4 Å². The number of hydrogen-bond donors (Lipinski definition) is 2. The van der Waals surface area contributed by atoms with Crippen LogP contribution in [0.2, 0.25) is 0 Å². The van der Waals surface area contributed by atoms with Crippen molar-refractivity contribution in [1.82, 2.24) is 10.2 Å². The van der Waals surface area contributed by atoms with Gasteiger partial charge in [-0.1, -0.05) is 20.8 Å². The summed E-state index contributed by atoms with van der Waals surface area (Å²) < 4.78 is 0. The lowest BCUT2D eigenvalue weighted by molar-refractivity contribution is -0.133. The molecule has 0 aromatic carbocycles. The topological polar surface area (TPSA) is 52.6 Å². The summed E-state index contributed by atoms with van der Waals surface area (Å²) in [5.74, 6) is 0.622. The quantitative estimate of drug-likeness (QED) is 0.683. The van der Waals surface area contributed by atoms with Crippen LogP contribution in [-0.4, -0.2) is 47.7 Å². The van der Waals surface area contributed by atoms with Gasteiger partial charge in [0.25, 0.3) is 0 Å². The minimum absolute atomic E-state index is 0.0422. The fourth-order valence-corrected chi connectivity index (χ4v) is 2.37. The van der Waals surface area contributed by atoms with Crippen LogP contribution in [-0.2, 0) is 4.79 Å². The first kappa shape index (κ1) is 14.5. The van der Waals surface area contributed by atoms with Gasteiger partial charge in [0.1, 0.15) is 0 Å². The van der Waals surface area contributed by atoms with Crippen LogP contribution in [0.15, 0.2) is 0 Å². The molecule has 2 N–H and O–H groups in total. The van der Waals surface area contributed by atoms with Crippen LogP contribution in [0.4, 0.5) is 0 Å². The average molecular weight is 242 g/mol. The number of carbonyl (C=O) groups excluding carboxylic acids is 1. The van der Waals surface area contributed by atoms with Gasteiger partial charge in [0.2, 0.25) is 5.91 Å². The van der Waals surface area contributed by atoms with E-state index in [2.05, 4.69) is 26.1 Å². The second kappa shape index (κ2) is 6.97. The number of aliphatic hydroxyl groups excluding tert-OH is 1. The highest BCUT2D eigenvalue weighted by molar-refractivity contribution is 5.76. The molecule has 0 saturated carbocycles. The highest BCUT2D eigenvalue weighted by atomic mass is 16.3. The van der Waals surface area contributed by atoms with Crippen molar-refractivity contribution in [2.75, 3.05) is 19.7 Å². The van der Waals surface area contributed by atoms with Crippen molar-refractivity contribution in [2.24, 2.45) is 5.92 Å². The van der Waals surface area contributed by atoms with Gasteiger partial charge in [0.15, 0.2) is 0 Å². The maximum atomic E-state index is 12.0. The summed E-state index contributed by atoms with van der Waals surface area (Å²) in [6.45, 7) is 8.10. The fourth-order valence-electron chi connectivity index (χ4n) is 2.37. The zero-order chi connectivity index (χ0) is 12.8. The number of nitrogens with zero attached hydrogens (tertiary/aromatic N) is 1. The summed E-state index contributed by atoms with van der Waals surface area (Å²) >= 11 is 0. The standard InChI is InChI=1S/C13H26N2O2/c1-10(2)14-7-4-5-13(17)15-8-6-11(3)12(15)9-16/h10-12,14,16H,4-9H2,1-3H3. The number of rotatable bonds is 6. The van der Waals surface area contributed by atoms with Gasteiger partial charge in [-0.15, -0.1) is 0 Å². The highest BCUT2D eigenvalue weighted by Crippen LogP contribution is 2.24. The van der Waals surface area contributed by atoms with Gasteiger partial charge in [0, 0.05) is 19.0 Å². The third-order valence-corrected chi connectivity index (χ3v) is 3.51. The molecule has 100 valence electrons. The molecule has 4 nitrogen and oxygen atoms in total. The zero-order valence-corrected chi connectivity index (χ0v) is 11.3. The molecule has 0 radical (unpaired) electrons. The number of hydrogen-bond acceptors (Lipinski definition) is 3. The molecule has 1 saturated heterocycles. The molecule has 1 rings (SSSR count). The second-order valence-electron chi connectivity index (χ2n) is 5.32.